The molecule has 0 saturated heterocycles. The lowest BCUT2D eigenvalue weighted by Crippen LogP contribution is -2.35. The van der Waals surface area contributed by atoms with Crippen molar-refractivity contribution < 1.29 is 5.21 Å². The second-order valence-corrected chi connectivity index (χ2v) is 4.84. The van der Waals surface area contributed by atoms with Gasteiger partial charge in [-0.2, -0.15) is 0 Å². The molecule has 1 aliphatic rings. The molecular weight excluding hydrogens is 202 g/mol. The highest BCUT2D eigenvalue weighted by atomic mass is 16.4. The molecular formula is C12H25N3O. The van der Waals surface area contributed by atoms with Crippen LogP contribution in [0.4, 0.5) is 0 Å². The van der Waals surface area contributed by atoms with Crippen molar-refractivity contribution in [2.45, 2.75) is 57.9 Å². The Hall–Kier alpha value is -0.770. The summed E-state index contributed by atoms with van der Waals surface area (Å²) in [7, 11) is 0. The molecule has 94 valence electrons. The Morgan fingerprint density at radius 2 is 2.00 bits per heavy atom. The Labute approximate surface area is 98.3 Å². The minimum absolute atomic E-state index is 0.306. The number of oxime groups is 1. The molecule has 0 amide bonds. The number of amidine groups is 1. The van der Waals surface area contributed by atoms with Crippen molar-refractivity contribution in [3.63, 3.8) is 0 Å². The SMILES string of the molecule is C[C@H](NCCC(N)=NO)C1CCCCCC1. The average Bonchev–Trinajstić information content (AvgIpc) is 2.57. The fraction of sp³-hybridized carbons (Fsp3) is 0.917. The highest BCUT2D eigenvalue weighted by Crippen LogP contribution is 2.25. The lowest BCUT2D eigenvalue weighted by atomic mass is 9.93. The summed E-state index contributed by atoms with van der Waals surface area (Å²) in [5.74, 6) is 1.11. The van der Waals surface area contributed by atoms with Gasteiger partial charge in [0, 0.05) is 19.0 Å². The summed E-state index contributed by atoms with van der Waals surface area (Å²) >= 11 is 0. The van der Waals surface area contributed by atoms with Gasteiger partial charge in [-0.25, -0.2) is 0 Å². The van der Waals surface area contributed by atoms with Crippen molar-refractivity contribution in [2.24, 2.45) is 16.8 Å². The number of rotatable bonds is 5. The van der Waals surface area contributed by atoms with Gasteiger partial charge in [-0.05, 0) is 25.7 Å². The van der Waals surface area contributed by atoms with Crippen molar-refractivity contribution in [3.05, 3.63) is 0 Å². The first-order chi connectivity index (χ1) is 7.74. The maximum atomic E-state index is 8.42. The molecule has 0 aromatic carbocycles. The minimum Gasteiger partial charge on any atom is -0.409 e. The third-order valence-electron chi connectivity index (χ3n) is 3.58. The molecule has 1 rings (SSSR count). The summed E-state index contributed by atoms with van der Waals surface area (Å²) in [6.07, 6.45) is 8.84. The summed E-state index contributed by atoms with van der Waals surface area (Å²) < 4.78 is 0. The van der Waals surface area contributed by atoms with Gasteiger partial charge in [0.15, 0.2) is 0 Å². The third kappa shape index (κ3) is 4.84. The van der Waals surface area contributed by atoms with E-state index in [1.54, 1.807) is 0 Å². The van der Waals surface area contributed by atoms with Gasteiger partial charge < -0.3 is 16.3 Å². The lowest BCUT2D eigenvalue weighted by molar-refractivity contribution is 0.315. The van der Waals surface area contributed by atoms with E-state index < -0.39 is 0 Å². The summed E-state index contributed by atoms with van der Waals surface area (Å²) in [5.41, 5.74) is 5.42. The van der Waals surface area contributed by atoms with Gasteiger partial charge in [-0.1, -0.05) is 30.8 Å². The third-order valence-corrected chi connectivity index (χ3v) is 3.58. The van der Waals surface area contributed by atoms with Crippen LogP contribution < -0.4 is 11.1 Å². The van der Waals surface area contributed by atoms with E-state index in [-0.39, 0.29) is 0 Å². The molecule has 0 bridgehead atoms. The Morgan fingerprint density at radius 1 is 1.38 bits per heavy atom. The molecule has 4 nitrogen and oxygen atoms in total. The normalized spacial score (nSPS) is 21.7. The zero-order valence-corrected chi connectivity index (χ0v) is 10.3. The van der Waals surface area contributed by atoms with Crippen molar-refractivity contribution in [1.29, 1.82) is 0 Å². The summed E-state index contributed by atoms with van der Waals surface area (Å²) in [4.78, 5) is 0. The van der Waals surface area contributed by atoms with E-state index in [2.05, 4.69) is 17.4 Å². The van der Waals surface area contributed by atoms with Crippen LogP contribution in [0.2, 0.25) is 0 Å². The largest absolute Gasteiger partial charge is 0.409 e. The van der Waals surface area contributed by atoms with Gasteiger partial charge in [0.1, 0.15) is 5.84 Å². The summed E-state index contributed by atoms with van der Waals surface area (Å²) in [6.45, 7) is 3.05. The van der Waals surface area contributed by atoms with Crippen LogP contribution in [0.15, 0.2) is 5.16 Å². The molecule has 0 radical (unpaired) electrons. The van der Waals surface area contributed by atoms with E-state index in [1.807, 2.05) is 0 Å². The quantitative estimate of drug-likeness (QED) is 0.221. The van der Waals surface area contributed by atoms with E-state index in [0.717, 1.165) is 12.5 Å². The van der Waals surface area contributed by atoms with Crippen LogP contribution in [0, 0.1) is 5.92 Å². The average molecular weight is 227 g/mol. The number of nitrogens with zero attached hydrogens (tertiary/aromatic N) is 1. The van der Waals surface area contributed by atoms with Crippen LogP contribution in [0.25, 0.3) is 0 Å². The van der Waals surface area contributed by atoms with Crippen LogP contribution in [0.3, 0.4) is 0 Å². The molecule has 16 heavy (non-hydrogen) atoms. The van der Waals surface area contributed by atoms with E-state index in [1.165, 1.54) is 38.5 Å². The van der Waals surface area contributed by atoms with Crippen LogP contribution in [0.1, 0.15) is 51.9 Å². The Morgan fingerprint density at radius 3 is 2.56 bits per heavy atom. The number of hydrogen-bond acceptors (Lipinski definition) is 3. The number of nitrogens with one attached hydrogen (secondary N) is 1. The van der Waals surface area contributed by atoms with Gasteiger partial charge in [0.2, 0.25) is 0 Å². The van der Waals surface area contributed by atoms with Gasteiger partial charge in [-0.3, -0.25) is 0 Å². The van der Waals surface area contributed by atoms with E-state index in [9.17, 15) is 0 Å². The Balaban J connectivity index is 2.19. The van der Waals surface area contributed by atoms with E-state index in [4.69, 9.17) is 10.9 Å². The summed E-state index contributed by atoms with van der Waals surface area (Å²) in [6, 6.07) is 0.546. The predicted molar refractivity (Wildman–Crippen MR) is 66.7 cm³/mol. The molecule has 0 heterocycles. The second kappa shape index (κ2) is 7.49. The maximum absolute atomic E-state index is 8.42. The predicted octanol–water partition coefficient (Wildman–Crippen LogP) is 2.07. The zero-order valence-electron chi connectivity index (χ0n) is 10.3. The Bertz CT molecular complexity index is 210. The van der Waals surface area contributed by atoms with Gasteiger partial charge in [-0.15, -0.1) is 0 Å². The molecule has 0 aromatic heterocycles. The first-order valence-corrected chi connectivity index (χ1v) is 6.44. The van der Waals surface area contributed by atoms with Crippen LogP contribution in [-0.4, -0.2) is 23.6 Å². The fourth-order valence-electron chi connectivity index (χ4n) is 2.46. The fourth-order valence-corrected chi connectivity index (χ4v) is 2.46. The maximum Gasteiger partial charge on any atom is 0.140 e. The molecule has 0 unspecified atom stereocenters. The van der Waals surface area contributed by atoms with Gasteiger partial charge in [0.25, 0.3) is 0 Å². The summed E-state index contributed by atoms with van der Waals surface area (Å²) in [5, 5.41) is 14.9. The highest BCUT2D eigenvalue weighted by molar-refractivity contribution is 5.79. The molecule has 4 heteroatoms. The van der Waals surface area contributed by atoms with Crippen molar-refractivity contribution in [1.82, 2.24) is 5.32 Å². The van der Waals surface area contributed by atoms with Crippen LogP contribution in [0.5, 0.6) is 0 Å². The number of nitrogens with two attached hydrogens (primary N) is 1. The second-order valence-electron chi connectivity index (χ2n) is 4.84. The highest BCUT2D eigenvalue weighted by Gasteiger charge is 2.18. The molecule has 1 saturated carbocycles. The molecule has 1 aliphatic carbocycles. The standard InChI is InChI=1S/C12H25N3O/c1-10(14-9-8-12(13)15-16)11-6-4-2-3-5-7-11/h10-11,14,16H,2-9H2,1H3,(H2,13,15)/t10-/m0/s1. The molecule has 0 aromatic rings. The first kappa shape index (κ1) is 13.3. The molecule has 4 N–H and O–H groups in total. The Kier molecular flexibility index (Phi) is 6.23. The monoisotopic (exact) mass is 227 g/mol. The van der Waals surface area contributed by atoms with E-state index in [0.29, 0.717) is 18.3 Å². The topological polar surface area (TPSA) is 70.6 Å². The van der Waals surface area contributed by atoms with Crippen molar-refractivity contribution in [3.8, 4) is 0 Å². The molecule has 1 fully saturated rings. The van der Waals surface area contributed by atoms with Crippen molar-refractivity contribution >= 4 is 5.84 Å². The number of hydrogen-bond donors (Lipinski definition) is 3. The lowest BCUT2D eigenvalue weighted by Gasteiger charge is -2.23. The molecule has 0 aliphatic heterocycles. The first-order valence-electron chi connectivity index (χ1n) is 6.44. The molecule has 0 spiro atoms. The smallest absolute Gasteiger partial charge is 0.140 e. The van der Waals surface area contributed by atoms with Gasteiger partial charge >= 0.3 is 0 Å². The van der Waals surface area contributed by atoms with Crippen molar-refractivity contribution in [2.75, 3.05) is 6.54 Å². The minimum atomic E-state index is 0.306. The molecule has 1 atom stereocenters. The van der Waals surface area contributed by atoms with Gasteiger partial charge in [0.05, 0.1) is 0 Å². The van der Waals surface area contributed by atoms with Crippen LogP contribution in [-0.2, 0) is 0 Å². The van der Waals surface area contributed by atoms with Crippen LogP contribution >= 0.6 is 0 Å². The zero-order chi connectivity index (χ0) is 11.8. The van der Waals surface area contributed by atoms with E-state index >= 15 is 0 Å².